The van der Waals surface area contributed by atoms with Crippen LogP contribution in [0.25, 0.3) is 0 Å². The average Bonchev–Trinajstić information content (AvgIpc) is 2.76. The first kappa shape index (κ1) is 12.4. The van der Waals surface area contributed by atoms with Crippen LogP contribution in [0.3, 0.4) is 0 Å². The summed E-state index contributed by atoms with van der Waals surface area (Å²) in [7, 11) is 0. The molecule has 0 radical (unpaired) electrons. The van der Waals surface area contributed by atoms with Gasteiger partial charge in [0.2, 0.25) is 0 Å². The number of carbonyl (C=O) groups is 2. The third-order valence-electron chi connectivity index (χ3n) is 3.62. The lowest BCUT2D eigenvalue weighted by Crippen LogP contribution is -2.45. The van der Waals surface area contributed by atoms with Crippen LogP contribution in [-0.4, -0.2) is 11.9 Å². The summed E-state index contributed by atoms with van der Waals surface area (Å²) in [5, 5.41) is 5.13. The lowest BCUT2D eigenvalue weighted by Gasteiger charge is -2.28. The van der Waals surface area contributed by atoms with Gasteiger partial charge >= 0.3 is 6.03 Å². The third-order valence-corrected chi connectivity index (χ3v) is 3.62. The number of imide groups is 1. The van der Waals surface area contributed by atoms with Gasteiger partial charge in [0.25, 0.3) is 5.91 Å². The molecule has 1 atom stereocenters. The molecular formula is C16H14N2O2. The van der Waals surface area contributed by atoms with E-state index >= 15 is 0 Å². The largest absolute Gasteiger partial charge is 0.322 e. The van der Waals surface area contributed by atoms with Gasteiger partial charge in [0, 0.05) is 0 Å². The first-order valence-electron chi connectivity index (χ1n) is 6.40. The number of rotatable bonds is 2. The van der Waals surface area contributed by atoms with Gasteiger partial charge in [-0.3, -0.25) is 10.1 Å². The van der Waals surface area contributed by atoms with E-state index in [4.69, 9.17) is 0 Å². The molecule has 100 valence electrons. The zero-order valence-corrected chi connectivity index (χ0v) is 11.0. The minimum absolute atomic E-state index is 0.344. The van der Waals surface area contributed by atoms with Crippen LogP contribution in [-0.2, 0) is 10.3 Å². The minimum atomic E-state index is -1.15. The van der Waals surface area contributed by atoms with Crippen molar-refractivity contribution in [3.05, 3.63) is 71.3 Å². The summed E-state index contributed by atoms with van der Waals surface area (Å²) in [5.41, 5.74) is 1.34. The molecule has 0 saturated carbocycles. The van der Waals surface area contributed by atoms with E-state index in [0.717, 1.165) is 16.7 Å². The molecule has 0 aromatic heterocycles. The Morgan fingerprint density at radius 2 is 1.55 bits per heavy atom. The maximum Gasteiger partial charge on any atom is 0.322 e. The summed E-state index contributed by atoms with van der Waals surface area (Å²) >= 11 is 0. The van der Waals surface area contributed by atoms with Crippen molar-refractivity contribution in [2.45, 2.75) is 12.5 Å². The Balaban J connectivity index is 2.28. The molecule has 1 aliphatic heterocycles. The molecular weight excluding hydrogens is 252 g/mol. The van der Waals surface area contributed by atoms with E-state index in [1.54, 1.807) is 0 Å². The Morgan fingerprint density at radius 3 is 2.15 bits per heavy atom. The number of aryl methyl sites for hydroxylation is 1. The topological polar surface area (TPSA) is 58.2 Å². The Morgan fingerprint density at radius 1 is 0.900 bits per heavy atom. The van der Waals surface area contributed by atoms with Gasteiger partial charge in [-0.15, -0.1) is 0 Å². The molecule has 4 heteroatoms. The standard InChI is InChI=1S/C16H14N2O2/c1-11-7-5-6-10-13(11)16(12-8-3-2-4-9-12)14(19)17-15(20)18-16/h2-10H,1H3,(H2,17,18,19,20). The summed E-state index contributed by atoms with van der Waals surface area (Å²) in [6.45, 7) is 1.93. The van der Waals surface area contributed by atoms with E-state index in [-0.39, 0.29) is 5.91 Å². The monoisotopic (exact) mass is 266 g/mol. The van der Waals surface area contributed by atoms with Gasteiger partial charge in [0.15, 0.2) is 5.54 Å². The first-order chi connectivity index (χ1) is 9.64. The smallest absolute Gasteiger partial charge is 0.316 e. The fourth-order valence-corrected chi connectivity index (χ4v) is 2.69. The number of urea groups is 1. The predicted molar refractivity (Wildman–Crippen MR) is 75.1 cm³/mol. The van der Waals surface area contributed by atoms with Gasteiger partial charge < -0.3 is 5.32 Å². The Hall–Kier alpha value is -2.62. The van der Waals surface area contributed by atoms with Crippen molar-refractivity contribution in [2.24, 2.45) is 0 Å². The number of hydrogen-bond donors (Lipinski definition) is 2. The molecule has 2 aromatic rings. The van der Waals surface area contributed by atoms with E-state index in [0.29, 0.717) is 0 Å². The summed E-state index contributed by atoms with van der Waals surface area (Å²) in [6, 6.07) is 16.4. The molecule has 4 nitrogen and oxygen atoms in total. The highest BCUT2D eigenvalue weighted by molar-refractivity contribution is 6.09. The number of benzene rings is 2. The summed E-state index contributed by atoms with van der Waals surface area (Å²) in [4.78, 5) is 24.1. The van der Waals surface area contributed by atoms with Crippen molar-refractivity contribution in [2.75, 3.05) is 0 Å². The van der Waals surface area contributed by atoms with E-state index in [1.807, 2.05) is 61.5 Å². The Labute approximate surface area is 116 Å². The van der Waals surface area contributed by atoms with Crippen molar-refractivity contribution in [3.63, 3.8) is 0 Å². The fourth-order valence-electron chi connectivity index (χ4n) is 2.69. The van der Waals surface area contributed by atoms with Gasteiger partial charge in [-0.05, 0) is 23.6 Å². The van der Waals surface area contributed by atoms with E-state index in [9.17, 15) is 9.59 Å². The average molecular weight is 266 g/mol. The molecule has 1 aliphatic rings. The van der Waals surface area contributed by atoms with Gasteiger partial charge in [-0.25, -0.2) is 4.79 Å². The van der Waals surface area contributed by atoms with Gasteiger partial charge in [0.05, 0.1) is 0 Å². The van der Waals surface area contributed by atoms with Crippen LogP contribution in [0.4, 0.5) is 4.79 Å². The number of carbonyl (C=O) groups excluding carboxylic acids is 2. The molecule has 1 heterocycles. The quantitative estimate of drug-likeness (QED) is 0.818. The maximum atomic E-state index is 12.5. The van der Waals surface area contributed by atoms with Gasteiger partial charge in [-0.2, -0.15) is 0 Å². The first-order valence-corrected chi connectivity index (χ1v) is 6.40. The fraction of sp³-hybridized carbons (Fsp3) is 0.125. The molecule has 0 spiro atoms. The summed E-state index contributed by atoms with van der Waals surface area (Å²) in [5.74, 6) is -0.344. The molecule has 0 bridgehead atoms. The van der Waals surface area contributed by atoms with Crippen LogP contribution in [0.15, 0.2) is 54.6 Å². The van der Waals surface area contributed by atoms with Crippen molar-refractivity contribution in [3.8, 4) is 0 Å². The van der Waals surface area contributed by atoms with Crippen LogP contribution >= 0.6 is 0 Å². The van der Waals surface area contributed by atoms with Crippen LogP contribution in [0, 0.1) is 6.92 Å². The van der Waals surface area contributed by atoms with E-state index in [2.05, 4.69) is 10.6 Å². The molecule has 1 unspecified atom stereocenters. The van der Waals surface area contributed by atoms with Crippen LogP contribution in [0.5, 0.6) is 0 Å². The Kier molecular flexibility index (Phi) is 2.79. The lowest BCUT2D eigenvalue weighted by molar-refractivity contribution is -0.122. The molecule has 0 aliphatic carbocycles. The van der Waals surface area contributed by atoms with Crippen molar-refractivity contribution >= 4 is 11.9 Å². The molecule has 2 aromatic carbocycles. The van der Waals surface area contributed by atoms with Crippen molar-refractivity contribution < 1.29 is 9.59 Å². The molecule has 1 fully saturated rings. The maximum absolute atomic E-state index is 12.5. The highest BCUT2D eigenvalue weighted by Crippen LogP contribution is 2.34. The molecule has 2 N–H and O–H groups in total. The number of amides is 3. The second kappa shape index (κ2) is 4.49. The van der Waals surface area contributed by atoms with Gasteiger partial charge in [0.1, 0.15) is 0 Å². The second-order valence-electron chi connectivity index (χ2n) is 4.84. The van der Waals surface area contributed by atoms with E-state index < -0.39 is 11.6 Å². The van der Waals surface area contributed by atoms with Crippen molar-refractivity contribution in [1.82, 2.24) is 10.6 Å². The molecule has 20 heavy (non-hydrogen) atoms. The number of nitrogens with one attached hydrogen (secondary N) is 2. The Bertz CT molecular complexity index is 682. The van der Waals surface area contributed by atoms with Crippen LogP contribution in [0.1, 0.15) is 16.7 Å². The SMILES string of the molecule is Cc1ccccc1C1(c2ccccc2)NC(=O)NC1=O. The lowest BCUT2D eigenvalue weighted by atomic mass is 9.81. The van der Waals surface area contributed by atoms with Gasteiger partial charge in [-0.1, -0.05) is 54.6 Å². The minimum Gasteiger partial charge on any atom is -0.316 e. The highest BCUT2D eigenvalue weighted by atomic mass is 16.2. The van der Waals surface area contributed by atoms with E-state index in [1.165, 1.54) is 0 Å². The zero-order chi connectivity index (χ0) is 14.2. The van der Waals surface area contributed by atoms with Crippen LogP contribution < -0.4 is 10.6 Å². The highest BCUT2D eigenvalue weighted by Gasteiger charge is 2.49. The third kappa shape index (κ3) is 1.69. The predicted octanol–water partition coefficient (Wildman–Crippen LogP) is 2.08. The van der Waals surface area contributed by atoms with Crippen LogP contribution in [0.2, 0.25) is 0 Å². The molecule has 1 saturated heterocycles. The second-order valence-corrected chi connectivity index (χ2v) is 4.84. The molecule has 3 rings (SSSR count). The zero-order valence-electron chi connectivity index (χ0n) is 11.0. The number of hydrogen-bond acceptors (Lipinski definition) is 2. The summed E-state index contributed by atoms with van der Waals surface area (Å²) in [6.07, 6.45) is 0. The normalized spacial score (nSPS) is 21.4. The summed E-state index contributed by atoms with van der Waals surface area (Å²) < 4.78 is 0. The van der Waals surface area contributed by atoms with Crippen molar-refractivity contribution in [1.29, 1.82) is 0 Å². The molecule has 3 amide bonds.